The van der Waals surface area contributed by atoms with Crippen molar-refractivity contribution in [3.63, 3.8) is 0 Å². The first-order valence-corrected chi connectivity index (χ1v) is 16.8. The number of para-hydroxylation sites is 1. The van der Waals surface area contributed by atoms with E-state index in [0.717, 1.165) is 35.2 Å². The van der Waals surface area contributed by atoms with Crippen LogP contribution in [0.25, 0.3) is 33.4 Å². The van der Waals surface area contributed by atoms with Crippen LogP contribution in [-0.4, -0.2) is 0 Å². The van der Waals surface area contributed by atoms with Gasteiger partial charge in [0.2, 0.25) is 0 Å². The van der Waals surface area contributed by atoms with Crippen LogP contribution in [0.1, 0.15) is 68.2 Å². The van der Waals surface area contributed by atoms with Crippen molar-refractivity contribution < 1.29 is 4.74 Å². The normalized spacial score (nSPS) is 27.8. The van der Waals surface area contributed by atoms with Gasteiger partial charge < -0.3 is 4.74 Å². The number of rotatable bonds is 2. The summed E-state index contributed by atoms with van der Waals surface area (Å²) in [6.45, 7) is 4.63. The average Bonchev–Trinajstić information content (AvgIpc) is 3.34. The molecule has 44 heavy (non-hydrogen) atoms. The molecule has 1 heterocycles. The summed E-state index contributed by atoms with van der Waals surface area (Å²) in [6, 6.07) is 41.2. The summed E-state index contributed by atoms with van der Waals surface area (Å²) in [5.74, 6) is 5.42. The monoisotopic (exact) mass is 570 g/mol. The molecule has 0 saturated heterocycles. The van der Waals surface area contributed by atoms with E-state index in [1.807, 2.05) is 0 Å². The van der Waals surface area contributed by atoms with Crippen molar-refractivity contribution in [1.82, 2.24) is 0 Å². The molecule has 4 fully saturated rings. The maximum absolute atomic E-state index is 6.38. The topological polar surface area (TPSA) is 9.23 Å². The molecule has 0 radical (unpaired) electrons. The third kappa shape index (κ3) is 3.20. The molecule has 5 aliphatic carbocycles. The fourth-order valence-electron chi connectivity index (χ4n) is 10.9. The first-order valence-electron chi connectivity index (χ1n) is 16.8. The van der Waals surface area contributed by atoms with Gasteiger partial charge in [0.25, 0.3) is 0 Å². The van der Waals surface area contributed by atoms with Gasteiger partial charge in [0.05, 0.1) is 0 Å². The van der Waals surface area contributed by atoms with Gasteiger partial charge in [-0.2, -0.15) is 0 Å². The summed E-state index contributed by atoms with van der Waals surface area (Å²) in [5.41, 5.74) is 14.0. The van der Waals surface area contributed by atoms with Crippen LogP contribution >= 0.6 is 0 Å². The van der Waals surface area contributed by atoms with Gasteiger partial charge in [-0.05, 0) is 125 Å². The summed E-state index contributed by atoms with van der Waals surface area (Å²) in [7, 11) is 0. The Balaban J connectivity index is 1.11. The second-order valence-corrected chi connectivity index (χ2v) is 15.0. The zero-order valence-corrected chi connectivity index (χ0v) is 25.6. The molecule has 1 heteroatoms. The van der Waals surface area contributed by atoms with E-state index in [9.17, 15) is 0 Å². The van der Waals surface area contributed by atoms with E-state index in [0.29, 0.717) is 0 Å². The fraction of sp³-hybridized carbons (Fsp3) is 0.302. The molecule has 5 aromatic carbocycles. The Morgan fingerprint density at radius 3 is 1.93 bits per heavy atom. The van der Waals surface area contributed by atoms with Crippen molar-refractivity contribution in [2.75, 3.05) is 0 Å². The Labute approximate surface area is 260 Å². The smallest absolute Gasteiger partial charge is 0.131 e. The lowest BCUT2D eigenvalue weighted by atomic mass is 9.43. The fourth-order valence-corrected chi connectivity index (χ4v) is 10.9. The summed E-state index contributed by atoms with van der Waals surface area (Å²) in [5, 5.41) is 0. The second-order valence-electron chi connectivity index (χ2n) is 15.0. The summed E-state index contributed by atoms with van der Waals surface area (Å²) < 4.78 is 6.38. The number of hydrogen-bond acceptors (Lipinski definition) is 1. The van der Waals surface area contributed by atoms with Crippen molar-refractivity contribution in [2.45, 2.75) is 56.8 Å². The lowest BCUT2D eigenvalue weighted by Crippen LogP contribution is -2.55. The molecule has 0 amide bonds. The third-order valence-electron chi connectivity index (χ3n) is 12.5. The maximum atomic E-state index is 6.38. The Bertz CT molecular complexity index is 1960. The first-order chi connectivity index (χ1) is 21.5. The predicted molar refractivity (Wildman–Crippen MR) is 179 cm³/mol. The Kier molecular flexibility index (Phi) is 5.02. The number of hydrogen-bond donors (Lipinski definition) is 0. The molecule has 0 atom stereocenters. The lowest BCUT2D eigenvalue weighted by molar-refractivity contribution is -0.0399. The lowest BCUT2D eigenvalue weighted by Gasteiger charge is -2.61. The molecule has 0 unspecified atom stereocenters. The molecular weight excluding hydrogens is 532 g/mol. The van der Waals surface area contributed by atoms with Crippen LogP contribution in [0.4, 0.5) is 0 Å². The molecule has 6 aliphatic rings. The molecule has 1 nitrogen and oxygen atoms in total. The molecule has 1 spiro atoms. The van der Waals surface area contributed by atoms with Gasteiger partial charge in [0.15, 0.2) is 0 Å². The summed E-state index contributed by atoms with van der Waals surface area (Å²) in [4.78, 5) is 0. The van der Waals surface area contributed by atoms with Crippen LogP contribution in [-0.2, 0) is 10.8 Å². The van der Waals surface area contributed by atoms with Crippen LogP contribution in [0.15, 0.2) is 109 Å². The van der Waals surface area contributed by atoms with Crippen LogP contribution < -0.4 is 4.74 Å². The average molecular weight is 571 g/mol. The van der Waals surface area contributed by atoms with E-state index in [2.05, 4.69) is 123 Å². The Hall–Kier alpha value is -4.10. The van der Waals surface area contributed by atoms with Crippen molar-refractivity contribution in [2.24, 2.45) is 23.7 Å². The summed E-state index contributed by atoms with van der Waals surface area (Å²) in [6.07, 6.45) is 7.17. The van der Waals surface area contributed by atoms with Crippen LogP contribution in [0.3, 0.4) is 0 Å². The van der Waals surface area contributed by atoms with Gasteiger partial charge in [-0.1, -0.05) is 98.8 Å². The Morgan fingerprint density at radius 1 is 0.500 bits per heavy atom. The zero-order chi connectivity index (χ0) is 29.2. The van der Waals surface area contributed by atoms with Crippen molar-refractivity contribution in [3.05, 3.63) is 131 Å². The largest absolute Gasteiger partial charge is 0.457 e. The highest BCUT2D eigenvalue weighted by atomic mass is 16.5. The van der Waals surface area contributed by atoms with Gasteiger partial charge in [0.1, 0.15) is 11.5 Å². The van der Waals surface area contributed by atoms with Crippen molar-refractivity contribution >= 4 is 0 Å². The minimum atomic E-state index is -0.130. The zero-order valence-electron chi connectivity index (χ0n) is 25.6. The van der Waals surface area contributed by atoms with Gasteiger partial charge in [0, 0.05) is 22.0 Å². The van der Waals surface area contributed by atoms with E-state index < -0.39 is 0 Å². The quantitative estimate of drug-likeness (QED) is 0.205. The highest BCUT2D eigenvalue weighted by molar-refractivity contribution is 5.94. The molecule has 0 aromatic heterocycles. The van der Waals surface area contributed by atoms with Gasteiger partial charge in [-0.25, -0.2) is 0 Å². The Morgan fingerprint density at radius 2 is 1.11 bits per heavy atom. The first kappa shape index (κ1) is 25.2. The summed E-state index contributed by atoms with van der Waals surface area (Å²) >= 11 is 0. The highest BCUT2D eigenvalue weighted by Gasteiger charge is 2.61. The van der Waals surface area contributed by atoms with Crippen molar-refractivity contribution in [3.8, 4) is 44.9 Å². The number of benzene rings is 5. The maximum Gasteiger partial charge on any atom is 0.131 e. The SMILES string of the molecule is CC1(C)c2ccccc2Oc2ccc(-c3cccc(-c4cccc5c4-c4ccccc4C54C5CC6CC(C5)CC4C6)c3)cc21. The van der Waals surface area contributed by atoms with Crippen LogP contribution in [0.5, 0.6) is 11.5 Å². The second kappa shape index (κ2) is 8.75. The van der Waals surface area contributed by atoms with E-state index in [-0.39, 0.29) is 10.8 Å². The highest BCUT2D eigenvalue weighted by Crippen LogP contribution is 2.70. The van der Waals surface area contributed by atoms with E-state index >= 15 is 0 Å². The van der Waals surface area contributed by atoms with Crippen molar-refractivity contribution in [1.29, 1.82) is 0 Å². The standard InChI is InChI=1S/C43H38O/c1-42(2)36-14-5-6-16-39(36)44-40-18-17-29(25-38(40)42)28-9-7-10-30(24-28)33-12-8-15-37-41(33)34-11-3-4-13-35(34)43(37)31-20-26-19-27(22-31)23-32(43)21-26/h3-18,24-27,31-32H,19-23H2,1-2H3. The van der Waals surface area contributed by atoms with Gasteiger partial charge in [-0.15, -0.1) is 0 Å². The van der Waals surface area contributed by atoms with Gasteiger partial charge in [-0.3, -0.25) is 0 Å². The molecule has 4 saturated carbocycles. The molecule has 1 aliphatic heterocycles. The van der Waals surface area contributed by atoms with E-state index in [1.54, 1.807) is 11.1 Å². The van der Waals surface area contributed by atoms with E-state index in [4.69, 9.17) is 4.74 Å². The minimum absolute atomic E-state index is 0.130. The predicted octanol–water partition coefficient (Wildman–Crippen LogP) is 11.2. The van der Waals surface area contributed by atoms with Crippen LogP contribution in [0, 0.1) is 23.7 Å². The van der Waals surface area contributed by atoms with Crippen LogP contribution in [0.2, 0.25) is 0 Å². The van der Waals surface area contributed by atoms with E-state index in [1.165, 1.54) is 76.6 Å². The molecule has 0 N–H and O–H groups in total. The molecular formula is C43H38O. The minimum Gasteiger partial charge on any atom is -0.457 e. The number of ether oxygens (including phenoxy) is 1. The molecule has 216 valence electrons. The molecule has 5 aromatic rings. The molecule has 11 rings (SSSR count). The third-order valence-corrected chi connectivity index (χ3v) is 12.5. The number of fused-ring (bicyclic) bond motifs is 5. The van der Waals surface area contributed by atoms with Gasteiger partial charge >= 0.3 is 0 Å². The molecule has 4 bridgehead atoms.